The molecule has 0 spiro atoms. The standard InChI is InChI=1S/C16H22N2O/c1-2-10-7-12(11-3-4-11)15-13(8-10)14-9-17-5-6-18(14)16(15)19/h7-8,11,14,16-17,19H,2-6,9H2,1H3/t14-,16?/m1/s1. The number of piperazine rings is 1. The number of benzene rings is 1. The number of hydrogen-bond acceptors (Lipinski definition) is 3. The largest absolute Gasteiger partial charge is 0.374 e. The molecule has 1 saturated carbocycles. The SMILES string of the molecule is CCc1cc(C2CC2)c2c(c1)[C@H]1CNCCN1C2O. The van der Waals surface area contributed by atoms with E-state index in [1.165, 1.54) is 35.1 Å². The molecule has 19 heavy (non-hydrogen) atoms. The van der Waals surface area contributed by atoms with Crippen molar-refractivity contribution in [2.75, 3.05) is 19.6 Å². The minimum atomic E-state index is -0.372. The molecular formula is C16H22N2O. The minimum absolute atomic E-state index is 0.372. The van der Waals surface area contributed by atoms with Crippen LogP contribution in [-0.4, -0.2) is 29.6 Å². The van der Waals surface area contributed by atoms with E-state index in [-0.39, 0.29) is 6.23 Å². The maximum absolute atomic E-state index is 10.7. The van der Waals surface area contributed by atoms with Gasteiger partial charge in [-0.2, -0.15) is 0 Å². The van der Waals surface area contributed by atoms with Gasteiger partial charge in [0.2, 0.25) is 0 Å². The monoisotopic (exact) mass is 258 g/mol. The van der Waals surface area contributed by atoms with Crippen molar-refractivity contribution in [2.45, 2.75) is 44.4 Å². The summed E-state index contributed by atoms with van der Waals surface area (Å²) >= 11 is 0. The smallest absolute Gasteiger partial charge is 0.134 e. The molecule has 1 aromatic rings. The summed E-state index contributed by atoms with van der Waals surface area (Å²) in [7, 11) is 0. The molecule has 102 valence electrons. The van der Waals surface area contributed by atoms with Gasteiger partial charge in [-0.25, -0.2) is 0 Å². The van der Waals surface area contributed by atoms with Crippen molar-refractivity contribution in [1.82, 2.24) is 10.2 Å². The Kier molecular flexibility index (Phi) is 2.69. The molecule has 2 heterocycles. The molecule has 0 radical (unpaired) electrons. The van der Waals surface area contributed by atoms with E-state index in [2.05, 4.69) is 29.3 Å². The highest BCUT2D eigenvalue weighted by molar-refractivity contribution is 5.48. The normalized spacial score (nSPS) is 30.2. The van der Waals surface area contributed by atoms with Gasteiger partial charge in [-0.1, -0.05) is 19.1 Å². The molecule has 3 heteroatoms. The maximum Gasteiger partial charge on any atom is 0.134 e. The summed E-state index contributed by atoms with van der Waals surface area (Å²) in [6.45, 7) is 5.13. The number of hydrogen-bond donors (Lipinski definition) is 2. The third kappa shape index (κ3) is 1.76. The number of aliphatic hydroxyl groups is 1. The second-order valence-electron chi connectivity index (χ2n) is 6.15. The first-order valence-electron chi connectivity index (χ1n) is 7.60. The fraction of sp³-hybridized carbons (Fsp3) is 0.625. The first kappa shape index (κ1) is 11.9. The number of rotatable bonds is 2. The van der Waals surface area contributed by atoms with Gasteiger partial charge in [-0.3, -0.25) is 4.90 Å². The number of nitrogens with one attached hydrogen (secondary N) is 1. The molecule has 1 saturated heterocycles. The van der Waals surface area contributed by atoms with E-state index in [1.54, 1.807) is 0 Å². The van der Waals surface area contributed by atoms with Crippen molar-refractivity contribution in [2.24, 2.45) is 0 Å². The van der Waals surface area contributed by atoms with Gasteiger partial charge in [0.1, 0.15) is 6.23 Å². The van der Waals surface area contributed by atoms with Gasteiger partial charge in [0.15, 0.2) is 0 Å². The second kappa shape index (κ2) is 4.30. The molecule has 1 unspecified atom stereocenters. The average molecular weight is 258 g/mol. The van der Waals surface area contributed by atoms with Crippen LogP contribution in [0.1, 0.15) is 60.2 Å². The summed E-state index contributed by atoms with van der Waals surface area (Å²) < 4.78 is 0. The summed E-state index contributed by atoms with van der Waals surface area (Å²) in [5, 5.41) is 14.2. The fourth-order valence-electron chi connectivity index (χ4n) is 3.74. The lowest BCUT2D eigenvalue weighted by atomic mass is 9.92. The van der Waals surface area contributed by atoms with Gasteiger partial charge < -0.3 is 10.4 Å². The maximum atomic E-state index is 10.7. The molecular weight excluding hydrogens is 236 g/mol. The first-order chi connectivity index (χ1) is 9.29. The van der Waals surface area contributed by atoms with E-state index < -0.39 is 0 Å². The van der Waals surface area contributed by atoms with E-state index in [0.29, 0.717) is 12.0 Å². The lowest BCUT2D eigenvalue weighted by Crippen LogP contribution is -2.43. The van der Waals surface area contributed by atoms with E-state index in [1.807, 2.05) is 0 Å². The van der Waals surface area contributed by atoms with Crippen molar-refractivity contribution in [1.29, 1.82) is 0 Å². The molecule has 4 rings (SSSR count). The predicted molar refractivity (Wildman–Crippen MR) is 75.1 cm³/mol. The summed E-state index contributed by atoms with van der Waals surface area (Å²) in [4.78, 5) is 2.27. The molecule has 3 nitrogen and oxygen atoms in total. The average Bonchev–Trinajstić information content (AvgIpc) is 3.26. The molecule has 1 aromatic carbocycles. The van der Waals surface area contributed by atoms with Crippen molar-refractivity contribution >= 4 is 0 Å². The fourth-order valence-corrected chi connectivity index (χ4v) is 3.74. The Labute approximate surface area is 114 Å². The summed E-state index contributed by atoms with van der Waals surface area (Å²) in [5.74, 6) is 0.712. The second-order valence-corrected chi connectivity index (χ2v) is 6.15. The van der Waals surface area contributed by atoms with Gasteiger partial charge in [0.25, 0.3) is 0 Å². The zero-order valence-corrected chi connectivity index (χ0v) is 11.5. The van der Waals surface area contributed by atoms with Crippen LogP contribution in [0.4, 0.5) is 0 Å². The van der Waals surface area contributed by atoms with E-state index in [4.69, 9.17) is 0 Å². The van der Waals surface area contributed by atoms with Crippen LogP contribution in [0.15, 0.2) is 12.1 Å². The molecule has 2 fully saturated rings. The summed E-state index contributed by atoms with van der Waals surface area (Å²) in [6, 6.07) is 5.07. The van der Waals surface area contributed by atoms with Crippen LogP contribution < -0.4 is 5.32 Å². The van der Waals surface area contributed by atoms with Gasteiger partial charge in [-0.15, -0.1) is 0 Å². The quantitative estimate of drug-likeness (QED) is 0.852. The molecule has 2 atom stereocenters. The Morgan fingerprint density at radius 1 is 1.32 bits per heavy atom. The van der Waals surface area contributed by atoms with Crippen molar-refractivity contribution in [3.8, 4) is 0 Å². The molecule has 1 aliphatic carbocycles. The van der Waals surface area contributed by atoms with E-state index in [9.17, 15) is 5.11 Å². The van der Waals surface area contributed by atoms with Crippen LogP contribution in [0.2, 0.25) is 0 Å². The predicted octanol–water partition coefficient (Wildman–Crippen LogP) is 2.08. The van der Waals surface area contributed by atoms with Crippen LogP contribution in [-0.2, 0) is 6.42 Å². The Balaban J connectivity index is 1.86. The Bertz CT molecular complexity index is 510. The Morgan fingerprint density at radius 2 is 2.11 bits per heavy atom. The van der Waals surface area contributed by atoms with Crippen LogP contribution in [0.5, 0.6) is 0 Å². The Hall–Kier alpha value is -0.900. The highest BCUT2D eigenvalue weighted by Crippen LogP contribution is 2.50. The third-order valence-electron chi connectivity index (χ3n) is 4.95. The van der Waals surface area contributed by atoms with Crippen molar-refractivity contribution in [3.63, 3.8) is 0 Å². The minimum Gasteiger partial charge on any atom is -0.374 e. The van der Waals surface area contributed by atoms with Gasteiger partial charge >= 0.3 is 0 Å². The summed E-state index contributed by atoms with van der Waals surface area (Å²) in [5.41, 5.74) is 5.51. The number of nitrogens with zero attached hydrogens (tertiary/aromatic N) is 1. The lowest BCUT2D eigenvalue weighted by molar-refractivity contribution is -0.0180. The molecule has 2 aliphatic heterocycles. The molecule has 0 bridgehead atoms. The number of fused-ring (bicyclic) bond motifs is 3. The number of aryl methyl sites for hydroxylation is 1. The summed E-state index contributed by atoms with van der Waals surface area (Å²) in [6.07, 6.45) is 3.32. The van der Waals surface area contributed by atoms with E-state index >= 15 is 0 Å². The van der Waals surface area contributed by atoms with Crippen LogP contribution in [0.25, 0.3) is 0 Å². The van der Waals surface area contributed by atoms with Crippen molar-refractivity contribution in [3.05, 3.63) is 34.4 Å². The lowest BCUT2D eigenvalue weighted by Gasteiger charge is -2.32. The third-order valence-corrected chi connectivity index (χ3v) is 4.95. The van der Waals surface area contributed by atoms with Crippen LogP contribution in [0, 0.1) is 0 Å². The first-order valence-corrected chi connectivity index (χ1v) is 7.60. The molecule has 2 N–H and O–H groups in total. The molecule has 3 aliphatic rings. The molecule has 0 amide bonds. The zero-order valence-electron chi connectivity index (χ0n) is 11.5. The van der Waals surface area contributed by atoms with E-state index in [0.717, 1.165) is 26.1 Å². The van der Waals surface area contributed by atoms with Gasteiger partial charge in [-0.05, 0) is 41.9 Å². The highest BCUT2D eigenvalue weighted by Gasteiger charge is 2.42. The molecule has 0 aromatic heterocycles. The zero-order chi connectivity index (χ0) is 13.0. The Morgan fingerprint density at radius 3 is 2.84 bits per heavy atom. The van der Waals surface area contributed by atoms with Crippen molar-refractivity contribution < 1.29 is 5.11 Å². The number of aliphatic hydroxyl groups excluding tert-OH is 1. The topological polar surface area (TPSA) is 35.5 Å². The van der Waals surface area contributed by atoms with Gasteiger partial charge in [0, 0.05) is 25.2 Å². The highest BCUT2D eigenvalue weighted by atomic mass is 16.3. The van der Waals surface area contributed by atoms with Crippen LogP contribution >= 0.6 is 0 Å². The van der Waals surface area contributed by atoms with Crippen LogP contribution in [0.3, 0.4) is 0 Å². The van der Waals surface area contributed by atoms with Gasteiger partial charge in [0.05, 0.1) is 6.04 Å².